The number of furan rings is 1. The minimum atomic E-state index is -0.349. The summed E-state index contributed by atoms with van der Waals surface area (Å²) in [6.45, 7) is 0.276. The van der Waals surface area contributed by atoms with Crippen molar-refractivity contribution in [1.29, 1.82) is 0 Å². The number of carbonyl (C=O) groups excluding carboxylic acids is 2. The molecule has 2 N–H and O–H groups in total. The van der Waals surface area contributed by atoms with Gasteiger partial charge in [0.05, 0.1) is 18.5 Å². The SMILES string of the molecule is Cn1cc(NC(=O)C2CC2)c(C(=O)NCc2ccco2)n1. The highest BCUT2D eigenvalue weighted by molar-refractivity contribution is 6.03. The fraction of sp³-hybridized carbons (Fsp3) is 0.357. The van der Waals surface area contributed by atoms with E-state index < -0.39 is 0 Å². The van der Waals surface area contributed by atoms with Gasteiger partial charge in [0.15, 0.2) is 5.69 Å². The standard InChI is InChI=1S/C14H16N4O3/c1-18-8-11(16-13(19)9-4-5-9)12(17-18)14(20)15-7-10-3-2-6-21-10/h2-3,6,8-9H,4-5,7H2,1H3,(H,15,20)(H,16,19). The molecule has 2 heterocycles. The number of aryl methyl sites for hydroxylation is 1. The van der Waals surface area contributed by atoms with Crippen LogP contribution in [0.1, 0.15) is 29.1 Å². The highest BCUT2D eigenvalue weighted by Gasteiger charge is 2.31. The maximum Gasteiger partial charge on any atom is 0.274 e. The van der Waals surface area contributed by atoms with Crippen LogP contribution in [0.25, 0.3) is 0 Å². The Labute approximate surface area is 121 Å². The van der Waals surface area contributed by atoms with Crippen LogP contribution in [0.2, 0.25) is 0 Å². The number of aromatic nitrogens is 2. The van der Waals surface area contributed by atoms with E-state index in [2.05, 4.69) is 15.7 Å². The molecule has 3 rings (SSSR count). The second kappa shape index (κ2) is 5.43. The van der Waals surface area contributed by atoms with Gasteiger partial charge in [-0.15, -0.1) is 0 Å². The minimum Gasteiger partial charge on any atom is -0.467 e. The van der Waals surface area contributed by atoms with Gasteiger partial charge in [-0.25, -0.2) is 0 Å². The summed E-state index contributed by atoms with van der Waals surface area (Å²) >= 11 is 0. The fourth-order valence-corrected chi connectivity index (χ4v) is 1.99. The molecule has 1 saturated carbocycles. The number of nitrogens with zero attached hydrogens (tertiary/aromatic N) is 2. The molecule has 0 atom stereocenters. The third kappa shape index (κ3) is 3.13. The van der Waals surface area contributed by atoms with Gasteiger partial charge in [0.1, 0.15) is 5.76 Å². The second-order valence-electron chi connectivity index (χ2n) is 5.09. The Morgan fingerprint density at radius 1 is 1.48 bits per heavy atom. The zero-order chi connectivity index (χ0) is 14.8. The smallest absolute Gasteiger partial charge is 0.274 e. The van der Waals surface area contributed by atoms with E-state index in [1.54, 1.807) is 31.6 Å². The number of hydrogen-bond acceptors (Lipinski definition) is 4. The Hall–Kier alpha value is -2.57. The van der Waals surface area contributed by atoms with E-state index in [1.807, 2.05) is 0 Å². The molecule has 2 aromatic rings. The van der Waals surface area contributed by atoms with Crippen molar-refractivity contribution in [2.75, 3.05) is 5.32 Å². The van der Waals surface area contributed by atoms with Crippen molar-refractivity contribution >= 4 is 17.5 Å². The average Bonchev–Trinajstić information content (AvgIpc) is 3.06. The molecule has 1 fully saturated rings. The van der Waals surface area contributed by atoms with E-state index in [9.17, 15) is 9.59 Å². The van der Waals surface area contributed by atoms with Crippen LogP contribution < -0.4 is 10.6 Å². The van der Waals surface area contributed by atoms with Gasteiger partial charge in [-0.1, -0.05) is 0 Å². The van der Waals surface area contributed by atoms with Gasteiger partial charge in [0, 0.05) is 19.2 Å². The first kappa shape index (κ1) is 13.4. The van der Waals surface area contributed by atoms with Crippen molar-refractivity contribution in [1.82, 2.24) is 15.1 Å². The van der Waals surface area contributed by atoms with Gasteiger partial charge < -0.3 is 15.1 Å². The molecule has 0 unspecified atom stereocenters. The molecule has 7 heteroatoms. The summed E-state index contributed by atoms with van der Waals surface area (Å²) < 4.78 is 6.65. The third-order valence-corrected chi connectivity index (χ3v) is 3.25. The molecule has 110 valence electrons. The highest BCUT2D eigenvalue weighted by atomic mass is 16.3. The molecule has 0 aliphatic heterocycles. The van der Waals surface area contributed by atoms with Crippen LogP contribution in [-0.4, -0.2) is 21.6 Å². The molecule has 1 aliphatic carbocycles. The van der Waals surface area contributed by atoms with Crippen LogP contribution in [-0.2, 0) is 18.4 Å². The third-order valence-electron chi connectivity index (χ3n) is 3.25. The normalized spacial score (nSPS) is 14.0. The van der Waals surface area contributed by atoms with Crippen molar-refractivity contribution in [2.45, 2.75) is 19.4 Å². The van der Waals surface area contributed by atoms with Crippen LogP contribution in [0.5, 0.6) is 0 Å². The molecule has 2 amide bonds. The number of rotatable bonds is 5. The second-order valence-corrected chi connectivity index (χ2v) is 5.09. The van der Waals surface area contributed by atoms with E-state index in [4.69, 9.17) is 4.42 Å². The average molecular weight is 288 g/mol. The van der Waals surface area contributed by atoms with Gasteiger partial charge in [-0.3, -0.25) is 14.3 Å². The highest BCUT2D eigenvalue weighted by Crippen LogP contribution is 2.30. The van der Waals surface area contributed by atoms with Gasteiger partial charge in [0.2, 0.25) is 5.91 Å². The van der Waals surface area contributed by atoms with Gasteiger partial charge in [0.25, 0.3) is 5.91 Å². The number of amides is 2. The summed E-state index contributed by atoms with van der Waals surface area (Å²) in [7, 11) is 1.70. The predicted octanol–water partition coefficient (Wildman–Crippen LogP) is 1.29. The number of hydrogen-bond donors (Lipinski definition) is 2. The molecule has 0 saturated heterocycles. The molecular weight excluding hydrogens is 272 g/mol. The summed E-state index contributed by atoms with van der Waals surface area (Å²) in [5.41, 5.74) is 0.643. The van der Waals surface area contributed by atoms with Crippen molar-refractivity contribution in [3.05, 3.63) is 36.0 Å². The molecule has 2 aromatic heterocycles. The van der Waals surface area contributed by atoms with Crippen molar-refractivity contribution in [3.8, 4) is 0 Å². The molecule has 0 radical (unpaired) electrons. The molecule has 0 bridgehead atoms. The number of anilines is 1. The van der Waals surface area contributed by atoms with E-state index in [1.165, 1.54) is 4.68 Å². The van der Waals surface area contributed by atoms with Crippen LogP contribution in [0.4, 0.5) is 5.69 Å². The van der Waals surface area contributed by atoms with E-state index in [0.717, 1.165) is 12.8 Å². The first-order valence-corrected chi connectivity index (χ1v) is 6.78. The monoisotopic (exact) mass is 288 g/mol. The summed E-state index contributed by atoms with van der Waals surface area (Å²) in [6.07, 6.45) is 4.99. The summed E-state index contributed by atoms with van der Waals surface area (Å²) in [4.78, 5) is 24.0. The summed E-state index contributed by atoms with van der Waals surface area (Å²) in [5.74, 6) is 0.327. The molecule has 0 aromatic carbocycles. The maximum atomic E-state index is 12.2. The Kier molecular flexibility index (Phi) is 3.47. The lowest BCUT2D eigenvalue weighted by molar-refractivity contribution is -0.117. The molecule has 7 nitrogen and oxygen atoms in total. The Balaban J connectivity index is 1.68. The predicted molar refractivity (Wildman–Crippen MR) is 74.4 cm³/mol. The lowest BCUT2D eigenvalue weighted by Gasteiger charge is -2.05. The van der Waals surface area contributed by atoms with Crippen molar-refractivity contribution in [2.24, 2.45) is 13.0 Å². The zero-order valence-corrected chi connectivity index (χ0v) is 11.6. The fourth-order valence-electron chi connectivity index (χ4n) is 1.99. The van der Waals surface area contributed by atoms with E-state index >= 15 is 0 Å². The zero-order valence-electron chi connectivity index (χ0n) is 11.6. The van der Waals surface area contributed by atoms with E-state index in [-0.39, 0.29) is 30.0 Å². The van der Waals surface area contributed by atoms with E-state index in [0.29, 0.717) is 11.4 Å². The number of carbonyl (C=O) groups is 2. The minimum absolute atomic E-state index is 0.0527. The van der Waals surface area contributed by atoms with Crippen molar-refractivity contribution in [3.63, 3.8) is 0 Å². The first-order chi connectivity index (χ1) is 10.1. The first-order valence-electron chi connectivity index (χ1n) is 6.78. The molecule has 0 spiro atoms. The Bertz CT molecular complexity index is 656. The Morgan fingerprint density at radius 2 is 2.29 bits per heavy atom. The Morgan fingerprint density at radius 3 is 2.95 bits per heavy atom. The van der Waals surface area contributed by atoms with Crippen LogP contribution in [0.15, 0.2) is 29.0 Å². The van der Waals surface area contributed by atoms with Crippen LogP contribution >= 0.6 is 0 Å². The molecular formula is C14H16N4O3. The van der Waals surface area contributed by atoms with Gasteiger partial charge in [-0.2, -0.15) is 5.10 Å². The van der Waals surface area contributed by atoms with Gasteiger partial charge >= 0.3 is 0 Å². The molecule has 1 aliphatic rings. The van der Waals surface area contributed by atoms with Crippen molar-refractivity contribution < 1.29 is 14.0 Å². The quantitative estimate of drug-likeness (QED) is 0.867. The summed E-state index contributed by atoms with van der Waals surface area (Å²) in [5, 5.41) is 9.58. The lowest BCUT2D eigenvalue weighted by atomic mass is 10.3. The van der Waals surface area contributed by atoms with Crippen LogP contribution in [0.3, 0.4) is 0 Å². The van der Waals surface area contributed by atoms with Gasteiger partial charge in [-0.05, 0) is 25.0 Å². The number of nitrogens with one attached hydrogen (secondary N) is 2. The van der Waals surface area contributed by atoms with Crippen LogP contribution in [0, 0.1) is 5.92 Å². The lowest BCUT2D eigenvalue weighted by Crippen LogP contribution is -2.25. The summed E-state index contributed by atoms with van der Waals surface area (Å²) in [6, 6.07) is 3.53. The topological polar surface area (TPSA) is 89.2 Å². The maximum absolute atomic E-state index is 12.2. The molecule has 21 heavy (non-hydrogen) atoms. The largest absolute Gasteiger partial charge is 0.467 e.